The average molecular weight is 272 g/mol. The SMILES string of the molecule is C[C@@H]1CCCCN1C(=O)[C@H]1CC(c2ccccc2)=NO1. The van der Waals surface area contributed by atoms with Gasteiger partial charge in [-0.2, -0.15) is 0 Å². The number of hydrogen-bond acceptors (Lipinski definition) is 3. The molecule has 0 aromatic heterocycles. The van der Waals surface area contributed by atoms with Crippen LogP contribution in [0.25, 0.3) is 0 Å². The first-order chi connectivity index (χ1) is 9.75. The van der Waals surface area contributed by atoms with Crippen LogP contribution in [0.4, 0.5) is 0 Å². The Hall–Kier alpha value is -1.84. The van der Waals surface area contributed by atoms with E-state index in [4.69, 9.17) is 4.84 Å². The zero-order valence-corrected chi connectivity index (χ0v) is 11.8. The molecule has 2 aliphatic rings. The second-order valence-corrected chi connectivity index (χ2v) is 5.58. The second-order valence-electron chi connectivity index (χ2n) is 5.58. The maximum Gasteiger partial charge on any atom is 0.267 e. The first kappa shape index (κ1) is 13.2. The van der Waals surface area contributed by atoms with Crippen molar-refractivity contribution in [2.24, 2.45) is 5.16 Å². The lowest BCUT2D eigenvalue weighted by Gasteiger charge is -2.34. The van der Waals surface area contributed by atoms with Crippen molar-refractivity contribution in [3.63, 3.8) is 0 Å². The number of rotatable bonds is 2. The van der Waals surface area contributed by atoms with Crippen molar-refractivity contribution in [1.82, 2.24) is 4.90 Å². The molecule has 0 bridgehead atoms. The number of benzene rings is 1. The summed E-state index contributed by atoms with van der Waals surface area (Å²) in [6.07, 6.45) is 3.53. The Labute approximate surface area is 119 Å². The Morgan fingerprint density at radius 3 is 2.85 bits per heavy atom. The predicted octanol–water partition coefficient (Wildman–Crippen LogP) is 2.58. The number of carbonyl (C=O) groups excluding carboxylic acids is 1. The minimum Gasteiger partial charge on any atom is -0.382 e. The van der Waals surface area contributed by atoms with Gasteiger partial charge in [-0.15, -0.1) is 0 Å². The largest absolute Gasteiger partial charge is 0.382 e. The van der Waals surface area contributed by atoms with Gasteiger partial charge < -0.3 is 9.74 Å². The highest BCUT2D eigenvalue weighted by Gasteiger charge is 2.34. The zero-order valence-electron chi connectivity index (χ0n) is 11.8. The fourth-order valence-electron chi connectivity index (χ4n) is 2.92. The van der Waals surface area contributed by atoms with Crippen LogP contribution >= 0.6 is 0 Å². The van der Waals surface area contributed by atoms with Crippen LogP contribution in [0.5, 0.6) is 0 Å². The molecule has 0 saturated carbocycles. The van der Waals surface area contributed by atoms with Crippen molar-refractivity contribution in [2.75, 3.05) is 6.54 Å². The number of oxime groups is 1. The summed E-state index contributed by atoms with van der Waals surface area (Å²) in [6.45, 7) is 2.96. The van der Waals surface area contributed by atoms with Crippen LogP contribution < -0.4 is 0 Å². The van der Waals surface area contributed by atoms with E-state index in [0.717, 1.165) is 30.7 Å². The quantitative estimate of drug-likeness (QED) is 0.830. The van der Waals surface area contributed by atoms with Gasteiger partial charge in [0.05, 0.1) is 5.71 Å². The van der Waals surface area contributed by atoms with Crippen LogP contribution in [0.3, 0.4) is 0 Å². The molecule has 3 rings (SSSR count). The molecule has 1 saturated heterocycles. The lowest BCUT2D eigenvalue weighted by Crippen LogP contribution is -2.47. The smallest absolute Gasteiger partial charge is 0.267 e. The molecule has 1 amide bonds. The van der Waals surface area contributed by atoms with E-state index in [-0.39, 0.29) is 5.91 Å². The standard InChI is InChI=1S/C16H20N2O2/c1-12-7-5-6-10-18(12)16(19)15-11-14(17-20-15)13-8-3-2-4-9-13/h2-4,8-9,12,15H,5-7,10-11H2,1H3/t12-,15-/m1/s1. The highest BCUT2D eigenvalue weighted by Crippen LogP contribution is 2.23. The van der Waals surface area contributed by atoms with E-state index in [1.54, 1.807) is 0 Å². The van der Waals surface area contributed by atoms with Crippen LogP contribution in [0.1, 0.15) is 38.2 Å². The number of likely N-dealkylation sites (tertiary alicyclic amines) is 1. The van der Waals surface area contributed by atoms with Crippen molar-refractivity contribution >= 4 is 11.6 Å². The molecule has 4 heteroatoms. The highest BCUT2D eigenvalue weighted by atomic mass is 16.6. The number of piperidine rings is 1. The molecule has 2 aliphatic heterocycles. The summed E-state index contributed by atoms with van der Waals surface area (Å²) in [5, 5.41) is 4.10. The first-order valence-electron chi connectivity index (χ1n) is 7.34. The summed E-state index contributed by atoms with van der Waals surface area (Å²) in [6, 6.07) is 10.2. The van der Waals surface area contributed by atoms with Crippen LogP contribution in [0, 0.1) is 0 Å². The van der Waals surface area contributed by atoms with Gasteiger partial charge in [-0.3, -0.25) is 4.79 Å². The minimum absolute atomic E-state index is 0.0897. The van der Waals surface area contributed by atoms with Crippen molar-refractivity contribution in [3.05, 3.63) is 35.9 Å². The van der Waals surface area contributed by atoms with Crippen molar-refractivity contribution in [1.29, 1.82) is 0 Å². The van der Waals surface area contributed by atoms with E-state index in [1.807, 2.05) is 35.2 Å². The Balaban J connectivity index is 1.65. The number of amides is 1. The molecule has 4 nitrogen and oxygen atoms in total. The number of hydrogen-bond donors (Lipinski definition) is 0. The Morgan fingerprint density at radius 2 is 2.10 bits per heavy atom. The lowest BCUT2D eigenvalue weighted by molar-refractivity contribution is -0.145. The summed E-state index contributed by atoms with van der Waals surface area (Å²) in [7, 11) is 0. The molecule has 2 atom stereocenters. The zero-order chi connectivity index (χ0) is 13.9. The summed E-state index contributed by atoms with van der Waals surface area (Å²) < 4.78 is 0. The molecular formula is C16H20N2O2. The van der Waals surface area contributed by atoms with E-state index in [0.29, 0.717) is 12.5 Å². The van der Waals surface area contributed by atoms with Gasteiger partial charge in [0.25, 0.3) is 5.91 Å². The normalized spacial score (nSPS) is 26.1. The van der Waals surface area contributed by atoms with Gasteiger partial charge in [0.1, 0.15) is 0 Å². The molecule has 20 heavy (non-hydrogen) atoms. The summed E-state index contributed by atoms with van der Waals surface area (Å²) in [5.41, 5.74) is 1.91. The van der Waals surface area contributed by atoms with Gasteiger partial charge >= 0.3 is 0 Å². The van der Waals surface area contributed by atoms with Crippen molar-refractivity contribution < 1.29 is 9.63 Å². The average Bonchev–Trinajstić information content (AvgIpc) is 2.98. The second kappa shape index (κ2) is 5.65. The predicted molar refractivity (Wildman–Crippen MR) is 77.5 cm³/mol. The molecule has 2 heterocycles. The molecule has 0 spiro atoms. The van der Waals surface area contributed by atoms with Gasteiger partial charge in [0, 0.05) is 19.0 Å². The molecule has 1 aromatic carbocycles. The third kappa shape index (κ3) is 2.55. The van der Waals surface area contributed by atoms with E-state index < -0.39 is 6.10 Å². The van der Waals surface area contributed by atoms with Gasteiger partial charge in [0.2, 0.25) is 6.10 Å². The van der Waals surface area contributed by atoms with Gasteiger partial charge in [-0.05, 0) is 31.7 Å². The maximum atomic E-state index is 12.5. The van der Waals surface area contributed by atoms with Crippen LogP contribution in [0.2, 0.25) is 0 Å². The molecule has 1 aromatic rings. The van der Waals surface area contributed by atoms with E-state index in [1.165, 1.54) is 6.42 Å². The van der Waals surface area contributed by atoms with Crippen LogP contribution in [-0.2, 0) is 9.63 Å². The van der Waals surface area contributed by atoms with Crippen molar-refractivity contribution in [2.45, 2.75) is 44.8 Å². The fraction of sp³-hybridized carbons (Fsp3) is 0.500. The monoisotopic (exact) mass is 272 g/mol. The third-order valence-electron chi connectivity index (χ3n) is 4.14. The van der Waals surface area contributed by atoms with Crippen LogP contribution in [0.15, 0.2) is 35.5 Å². The van der Waals surface area contributed by atoms with E-state index >= 15 is 0 Å². The summed E-state index contributed by atoms with van der Waals surface area (Å²) >= 11 is 0. The maximum absolute atomic E-state index is 12.5. The Bertz CT molecular complexity index is 512. The molecule has 1 fully saturated rings. The molecule has 0 N–H and O–H groups in total. The fourth-order valence-corrected chi connectivity index (χ4v) is 2.92. The summed E-state index contributed by atoms with van der Waals surface area (Å²) in [5.74, 6) is 0.0897. The molecule has 0 aliphatic carbocycles. The Kier molecular flexibility index (Phi) is 3.72. The molecule has 0 unspecified atom stereocenters. The minimum atomic E-state index is -0.439. The Morgan fingerprint density at radius 1 is 1.30 bits per heavy atom. The topological polar surface area (TPSA) is 41.9 Å². The highest BCUT2D eigenvalue weighted by molar-refractivity contribution is 6.04. The van der Waals surface area contributed by atoms with E-state index in [9.17, 15) is 4.79 Å². The molecule has 0 radical (unpaired) electrons. The molecule has 106 valence electrons. The number of nitrogens with zero attached hydrogens (tertiary/aromatic N) is 2. The van der Waals surface area contributed by atoms with Gasteiger partial charge in [-0.1, -0.05) is 35.5 Å². The third-order valence-corrected chi connectivity index (χ3v) is 4.14. The van der Waals surface area contributed by atoms with E-state index in [2.05, 4.69) is 12.1 Å². The van der Waals surface area contributed by atoms with Crippen LogP contribution in [-0.4, -0.2) is 35.2 Å². The summed E-state index contributed by atoms with van der Waals surface area (Å²) in [4.78, 5) is 19.9. The lowest BCUT2D eigenvalue weighted by atomic mass is 10.0. The first-order valence-corrected chi connectivity index (χ1v) is 7.34. The van der Waals surface area contributed by atoms with Crippen molar-refractivity contribution in [3.8, 4) is 0 Å². The molecular weight excluding hydrogens is 252 g/mol. The van der Waals surface area contributed by atoms with Gasteiger partial charge in [-0.25, -0.2) is 0 Å². The number of carbonyl (C=O) groups is 1. The van der Waals surface area contributed by atoms with Gasteiger partial charge in [0.15, 0.2) is 0 Å².